The van der Waals surface area contributed by atoms with Crippen molar-refractivity contribution in [2.24, 2.45) is 0 Å². The van der Waals surface area contributed by atoms with Crippen molar-refractivity contribution in [2.45, 2.75) is 44.2 Å². The number of benzene rings is 1. The molecule has 3 rings (SSSR count). The Hall–Kier alpha value is -1.11. The Kier molecular flexibility index (Phi) is 7.97. The van der Waals surface area contributed by atoms with E-state index in [0.717, 1.165) is 64.0 Å². The lowest BCUT2D eigenvalue weighted by molar-refractivity contribution is -0.128. The molecule has 2 saturated heterocycles. The van der Waals surface area contributed by atoms with Crippen LogP contribution in [0, 0.1) is 5.82 Å². The summed E-state index contributed by atoms with van der Waals surface area (Å²) < 4.78 is 13.4. The number of amides is 1. The molecule has 2 aliphatic rings. The summed E-state index contributed by atoms with van der Waals surface area (Å²) >= 11 is 1.88. The molecule has 2 fully saturated rings. The van der Waals surface area contributed by atoms with Crippen LogP contribution in [-0.2, 0) is 4.79 Å². The Morgan fingerprint density at radius 3 is 2.44 bits per heavy atom. The lowest BCUT2D eigenvalue weighted by Crippen LogP contribution is -2.49. The van der Waals surface area contributed by atoms with E-state index in [-0.39, 0.29) is 23.8 Å². The highest BCUT2D eigenvalue weighted by Crippen LogP contribution is 2.26. The maximum atomic E-state index is 13.4. The summed E-state index contributed by atoms with van der Waals surface area (Å²) in [6, 6.07) is 6.39. The van der Waals surface area contributed by atoms with Crippen LogP contribution in [-0.4, -0.2) is 66.5 Å². The molecular formula is C21H32FN3OS. The van der Waals surface area contributed by atoms with Gasteiger partial charge in [0.1, 0.15) is 11.9 Å². The number of carbonyl (C=O) groups excluding carboxylic acids is 1. The quantitative estimate of drug-likeness (QED) is 0.771. The molecule has 2 aliphatic heterocycles. The van der Waals surface area contributed by atoms with E-state index in [4.69, 9.17) is 0 Å². The topological polar surface area (TPSA) is 35.6 Å². The van der Waals surface area contributed by atoms with Crippen molar-refractivity contribution in [1.82, 2.24) is 15.1 Å². The highest BCUT2D eigenvalue weighted by Gasteiger charge is 2.31. The van der Waals surface area contributed by atoms with E-state index in [9.17, 15) is 9.18 Å². The van der Waals surface area contributed by atoms with Gasteiger partial charge in [0, 0.05) is 31.4 Å². The fraction of sp³-hybridized carbons (Fsp3) is 0.667. The smallest absolute Gasteiger partial charge is 0.242 e. The van der Waals surface area contributed by atoms with Gasteiger partial charge in [-0.2, -0.15) is 11.8 Å². The lowest BCUT2D eigenvalue weighted by Gasteiger charge is -2.36. The summed E-state index contributed by atoms with van der Waals surface area (Å²) in [7, 11) is 0. The maximum Gasteiger partial charge on any atom is 0.242 e. The Morgan fingerprint density at radius 2 is 1.81 bits per heavy atom. The third-order valence-corrected chi connectivity index (χ3v) is 6.33. The Balaban J connectivity index is 1.62. The minimum atomic E-state index is -0.305. The second-order valence-corrected chi connectivity index (χ2v) is 8.65. The van der Waals surface area contributed by atoms with Crippen LogP contribution in [0.5, 0.6) is 0 Å². The summed E-state index contributed by atoms with van der Waals surface area (Å²) in [5.74, 6) is 0.985. The number of piperidine rings is 2. The molecule has 1 aromatic rings. The van der Waals surface area contributed by atoms with Crippen LogP contribution in [0.2, 0.25) is 0 Å². The molecular weight excluding hydrogens is 361 g/mol. The van der Waals surface area contributed by atoms with Crippen molar-refractivity contribution in [3.63, 3.8) is 0 Å². The zero-order chi connectivity index (χ0) is 19.1. The SMILES string of the molecule is CSCCN1CCC(NC(=O)C(c2ccc(F)cc2)N2CCCCC2)CC1. The molecule has 27 heavy (non-hydrogen) atoms. The van der Waals surface area contributed by atoms with Gasteiger partial charge in [0.05, 0.1) is 0 Å². The van der Waals surface area contributed by atoms with Gasteiger partial charge in [0.15, 0.2) is 0 Å². The second kappa shape index (κ2) is 10.4. The molecule has 1 atom stereocenters. The van der Waals surface area contributed by atoms with Gasteiger partial charge in [-0.25, -0.2) is 4.39 Å². The number of halogens is 1. The van der Waals surface area contributed by atoms with Crippen molar-refractivity contribution < 1.29 is 9.18 Å². The predicted octanol–water partition coefficient (Wildman–Crippen LogP) is 3.30. The van der Waals surface area contributed by atoms with Crippen LogP contribution < -0.4 is 5.32 Å². The van der Waals surface area contributed by atoms with E-state index >= 15 is 0 Å². The summed E-state index contributed by atoms with van der Waals surface area (Å²) in [4.78, 5) is 17.9. The minimum Gasteiger partial charge on any atom is -0.352 e. The Labute approximate surface area is 166 Å². The van der Waals surface area contributed by atoms with Gasteiger partial charge in [-0.05, 0) is 62.7 Å². The van der Waals surface area contributed by atoms with Crippen molar-refractivity contribution in [3.8, 4) is 0 Å². The Morgan fingerprint density at radius 1 is 1.15 bits per heavy atom. The van der Waals surface area contributed by atoms with E-state index in [1.165, 1.54) is 24.3 Å². The van der Waals surface area contributed by atoms with Crippen LogP contribution in [0.3, 0.4) is 0 Å². The fourth-order valence-electron chi connectivity index (χ4n) is 4.15. The van der Waals surface area contributed by atoms with Gasteiger partial charge in [0.2, 0.25) is 5.91 Å². The van der Waals surface area contributed by atoms with Gasteiger partial charge >= 0.3 is 0 Å². The Bertz CT molecular complexity index is 584. The van der Waals surface area contributed by atoms with Crippen molar-refractivity contribution in [3.05, 3.63) is 35.6 Å². The first-order chi connectivity index (χ1) is 13.2. The van der Waals surface area contributed by atoms with Gasteiger partial charge in [0.25, 0.3) is 0 Å². The number of hydrogen-bond acceptors (Lipinski definition) is 4. The molecule has 1 unspecified atom stereocenters. The van der Waals surface area contributed by atoms with E-state index in [2.05, 4.69) is 21.4 Å². The zero-order valence-electron chi connectivity index (χ0n) is 16.3. The summed E-state index contributed by atoms with van der Waals surface area (Å²) in [6.07, 6.45) is 7.63. The minimum absolute atomic E-state index is 0.0751. The number of nitrogens with one attached hydrogen (secondary N) is 1. The molecule has 0 aromatic heterocycles. The van der Waals surface area contributed by atoms with Gasteiger partial charge < -0.3 is 10.2 Å². The van der Waals surface area contributed by atoms with Crippen molar-refractivity contribution >= 4 is 17.7 Å². The van der Waals surface area contributed by atoms with Crippen molar-refractivity contribution in [1.29, 1.82) is 0 Å². The van der Waals surface area contributed by atoms with E-state index in [1.807, 2.05) is 11.8 Å². The third-order valence-electron chi connectivity index (χ3n) is 5.74. The second-order valence-electron chi connectivity index (χ2n) is 7.67. The molecule has 0 aliphatic carbocycles. The lowest BCUT2D eigenvalue weighted by atomic mass is 9.99. The average molecular weight is 394 g/mol. The van der Waals surface area contributed by atoms with Gasteiger partial charge in [-0.15, -0.1) is 0 Å². The average Bonchev–Trinajstić information content (AvgIpc) is 2.70. The molecule has 2 heterocycles. The molecule has 1 N–H and O–H groups in total. The summed E-state index contributed by atoms with van der Waals surface area (Å²) in [6.45, 7) is 5.10. The fourth-order valence-corrected chi connectivity index (χ4v) is 4.59. The standard InChI is InChI=1S/C21H32FN3OS/c1-27-16-15-24-13-9-19(10-14-24)23-21(26)20(25-11-3-2-4-12-25)17-5-7-18(22)8-6-17/h5-8,19-20H,2-4,9-16H2,1H3,(H,23,26). The molecule has 0 radical (unpaired) electrons. The zero-order valence-corrected chi connectivity index (χ0v) is 17.1. The first-order valence-corrected chi connectivity index (χ1v) is 11.6. The van der Waals surface area contributed by atoms with E-state index in [0.29, 0.717) is 0 Å². The molecule has 1 amide bonds. The van der Waals surface area contributed by atoms with Crippen molar-refractivity contribution in [2.75, 3.05) is 44.7 Å². The van der Waals surface area contributed by atoms with Crippen LogP contribution in [0.1, 0.15) is 43.7 Å². The van der Waals surface area contributed by atoms with Crippen LogP contribution in [0.25, 0.3) is 0 Å². The van der Waals surface area contributed by atoms with Crippen LogP contribution in [0.15, 0.2) is 24.3 Å². The first-order valence-electron chi connectivity index (χ1n) is 10.2. The highest BCUT2D eigenvalue weighted by atomic mass is 32.2. The molecule has 150 valence electrons. The van der Waals surface area contributed by atoms with E-state index in [1.54, 1.807) is 12.1 Å². The molecule has 0 saturated carbocycles. The van der Waals surface area contributed by atoms with Gasteiger partial charge in [-0.1, -0.05) is 18.6 Å². The largest absolute Gasteiger partial charge is 0.352 e. The third kappa shape index (κ3) is 5.93. The molecule has 1 aromatic carbocycles. The number of rotatable bonds is 7. The molecule has 6 heteroatoms. The van der Waals surface area contributed by atoms with E-state index < -0.39 is 0 Å². The maximum absolute atomic E-state index is 13.4. The molecule has 0 spiro atoms. The summed E-state index contributed by atoms with van der Waals surface area (Å²) in [5.41, 5.74) is 0.896. The predicted molar refractivity (Wildman–Crippen MR) is 111 cm³/mol. The number of hydrogen-bond donors (Lipinski definition) is 1. The van der Waals surface area contributed by atoms with Crippen LogP contribution >= 0.6 is 11.8 Å². The molecule has 4 nitrogen and oxygen atoms in total. The highest BCUT2D eigenvalue weighted by molar-refractivity contribution is 7.98. The first kappa shape index (κ1) is 20.6. The van der Waals surface area contributed by atoms with Crippen LogP contribution in [0.4, 0.5) is 4.39 Å². The number of carbonyl (C=O) groups is 1. The van der Waals surface area contributed by atoms with Gasteiger partial charge in [-0.3, -0.25) is 9.69 Å². The monoisotopic (exact) mass is 393 g/mol. The summed E-state index contributed by atoms with van der Waals surface area (Å²) in [5, 5.41) is 3.30. The molecule has 0 bridgehead atoms. The normalized spacial score (nSPS) is 21.1. The number of likely N-dealkylation sites (tertiary alicyclic amines) is 2. The number of nitrogens with zero attached hydrogens (tertiary/aromatic N) is 2. The number of thioether (sulfide) groups is 1.